The van der Waals surface area contributed by atoms with Crippen molar-refractivity contribution >= 4 is 21.6 Å². The van der Waals surface area contributed by atoms with Gasteiger partial charge in [0.05, 0.1) is 7.11 Å². The van der Waals surface area contributed by atoms with Crippen LogP contribution in [0.15, 0.2) is 77.7 Å². The Labute approximate surface area is 207 Å². The van der Waals surface area contributed by atoms with Crippen molar-refractivity contribution < 1.29 is 17.9 Å². The average Bonchev–Trinajstić information content (AvgIpc) is 3.42. The molecular formula is C27H31N3O4S. The summed E-state index contributed by atoms with van der Waals surface area (Å²) in [6.07, 6.45) is 2.34. The van der Waals surface area contributed by atoms with Crippen LogP contribution in [0, 0.1) is 0 Å². The number of rotatable bonds is 9. The molecule has 0 radical (unpaired) electrons. The van der Waals surface area contributed by atoms with Gasteiger partial charge >= 0.3 is 0 Å². The number of anilines is 1. The van der Waals surface area contributed by atoms with E-state index < -0.39 is 10.0 Å². The minimum absolute atomic E-state index is 0.0384. The zero-order valence-corrected chi connectivity index (χ0v) is 20.9. The van der Waals surface area contributed by atoms with E-state index in [-0.39, 0.29) is 28.7 Å². The van der Waals surface area contributed by atoms with Crippen molar-refractivity contribution in [1.82, 2.24) is 9.62 Å². The molecule has 0 atom stereocenters. The minimum Gasteiger partial charge on any atom is -0.495 e. The molecule has 3 aromatic rings. The van der Waals surface area contributed by atoms with Gasteiger partial charge in [0.2, 0.25) is 10.0 Å². The number of carbonyl (C=O) groups is 1. The molecule has 0 bridgehead atoms. The van der Waals surface area contributed by atoms with Crippen molar-refractivity contribution in [2.24, 2.45) is 0 Å². The number of nitrogens with one attached hydrogen (secondary N) is 1. The largest absolute Gasteiger partial charge is 0.495 e. The number of sulfonamides is 1. The predicted octanol–water partition coefficient (Wildman–Crippen LogP) is 4.05. The van der Waals surface area contributed by atoms with Crippen LogP contribution in [0.5, 0.6) is 5.75 Å². The Morgan fingerprint density at radius 2 is 1.69 bits per heavy atom. The molecule has 3 aromatic carbocycles. The Balaban J connectivity index is 1.53. The molecule has 1 fully saturated rings. The Morgan fingerprint density at radius 1 is 1.00 bits per heavy atom. The molecule has 7 nitrogen and oxygen atoms in total. The molecule has 0 aliphatic carbocycles. The number of nitrogens with zero attached hydrogens (tertiary/aromatic N) is 2. The maximum atomic E-state index is 13.4. The van der Waals surface area contributed by atoms with Gasteiger partial charge in [-0.05, 0) is 48.2 Å². The summed E-state index contributed by atoms with van der Waals surface area (Å²) in [6, 6.07) is 21.9. The fourth-order valence-electron chi connectivity index (χ4n) is 4.32. The summed E-state index contributed by atoms with van der Waals surface area (Å²) < 4.78 is 33.3. The van der Waals surface area contributed by atoms with Gasteiger partial charge in [0.1, 0.15) is 10.6 Å². The number of ether oxygens (including phenoxy) is 1. The van der Waals surface area contributed by atoms with E-state index in [0.717, 1.165) is 29.9 Å². The van der Waals surface area contributed by atoms with Crippen LogP contribution < -0.4 is 15.0 Å². The molecule has 1 heterocycles. The molecule has 1 N–H and O–H groups in total. The molecular weight excluding hydrogens is 462 g/mol. The van der Waals surface area contributed by atoms with Gasteiger partial charge in [0.15, 0.2) is 0 Å². The Morgan fingerprint density at radius 3 is 2.40 bits per heavy atom. The summed E-state index contributed by atoms with van der Waals surface area (Å²) in [5.41, 5.74) is 3.29. The molecule has 0 spiro atoms. The highest BCUT2D eigenvalue weighted by Gasteiger charge is 2.26. The first-order valence-corrected chi connectivity index (χ1v) is 13.1. The summed E-state index contributed by atoms with van der Waals surface area (Å²) in [5, 5.41) is 2.95. The zero-order chi connectivity index (χ0) is 24.8. The lowest BCUT2D eigenvalue weighted by Crippen LogP contribution is -2.28. The maximum Gasteiger partial charge on any atom is 0.251 e. The lowest BCUT2D eigenvalue weighted by molar-refractivity contribution is 0.0950. The van der Waals surface area contributed by atoms with Gasteiger partial charge in [0.25, 0.3) is 5.91 Å². The third kappa shape index (κ3) is 5.66. The number of hydrogen-bond donors (Lipinski definition) is 1. The molecule has 4 rings (SSSR count). The summed E-state index contributed by atoms with van der Waals surface area (Å²) >= 11 is 0. The molecule has 8 heteroatoms. The summed E-state index contributed by atoms with van der Waals surface area (Å²) in [5.74, 6) is -0.146. The zero-order valence-electron chi connectivity index (χ0n) is 20.1. The van der Waals surface area contributed by atoms with E-state index in [1.165, 1.54) is 43.4 Å². The van der Waals surface area contributed by atoms with Gasteiger partial charge in [-0.15, -0.1) is 0 Å². The molecule has 184 valence electrons. The Hall–Kier alpha value is -3.36. The smallest absolute Gasteiger partial charge is 0.251 e. The second-order valence-corrected chi connectivity index (χ2v) is 10.6. The maximum absolute atomic E-state index is 13.4. The van der Waals surface area contributed by atoms with Crippen LogP contribution in [0.4, 0.5) is 5.69 Å². The first-order valence-electron chi connectivity index (χ1n) is 11.7. The lowest BCUT2D eigenvalue weighted by atomic mass is 10.1. The minimum atomic E-state index is -3.90. The number of methoxy groups -OCH3 is 1. The van der Waals surface area contributed by atoms with Crippen molar-refractivity contribution in [3.05, 3.63) is 89.5 Å². The molecule has 0 unspecified atom stereocenters. The van der Waals surface area contributed by atoms with Gasteiger partial charge in [-0.2, -0.15) is 4.31 Å². The van der Waals surface area contributed by atoms with Crippen LogP contribution in [0.2, 0.25) is 0 Å². The Kier molecular flexibility index (Phi) is 7.73. The number of hydrogen-bond acceptors (Lipinski definition) is 5. The second kappa shape index (κ2) is 10.9. The molecule has 1 aliphatic rings. The van der Waals surface area contributed by atoms with Gasteiger partial charge in [-0.3, -0.25) is 4.79 Å². The number of benzene rings is 3. The SMILES string of the molecule is COc1ccc(C(=O)NCc2ccccc2N2CCCC2)cc1S(=O)(=O)N(C)Cc1ccccc1. The van der Waals surface area contributed by atoms with Crippen LogP contribution in [0.25, 0.3) is 0 Å². The van der Waals surface area contributed by atoms with Gasteiger partial charge in [0, 0.05) is 44.5 Å². The van der Waals surface area contributed by atoms with Gasteiger partial charge in [-0.25, -0.2) is 8.42 Å². The van der Waals surface area contributed by atoms with Crippen LogP contribution in [0.1, 0.15) is 34.3 Å². The quantitative estimate of drug-likeness (QED) is 0.487. The van der Waals surface area contributed by atoms with E-state index in [4.69, 9.17) is 4.74 Å². The van der Waals surface area contributed by atoms with Crippen molar-refractivity contribution in [1.29, 1.82) is 0 Å². The number of amides is 1. The van der Waals surface area contributed by atoms with E-state index in [9.17, 15) is 13.2 Å². The average molecular weight is 494 g/mol. The fourth-order valence-corrected chi connectivity index (χ4v) is 5.65. The summed E-state index contributed by atoms with van der Waals surface area (Å²) in [4.78, 5) is 15.3. The first-order chi connectivity index (χ1) is 16.9. The van der Waals surface area contributed by atoms with E-state index in [2.05, 4.69) is 16.3 Å². The standard InChI is InChI=1S/C27H31N3O4S/c1-29(20-21-10-4-3-5-11-21)35(32,33)26-18-22(14-15-25(26)34-2)27(31)28-19-23-12-6-7-13-24(23)30-16-8-9-17-30/h3-7,10-15,18H,8-9,16-17,19-20H2,1-2H3,(H,28,31). The summed E-state index contributed by atoms with van der Waals surface area (Å²) in [6.45, 7) is 2.59. The van der Waals surface area contributed by atoms with Gasteiger partial charge in [-0.1, -0.05) is 48.5 Å². The third-order valence-electron chi connectivity index (χ3n) is 6.24. The molecule has 1 amide bonds. The number of para-hydroxylation sites is 1. The van der Waals surface area contributed by atoms with E-state index in [1.54, 1.807) is 6.07 Å². The molecule has 35 heavy (non-hydrogen) atoms. The highest BCUT2D eigenvalue weighted by molar-refractivity contribution is 7.89. The first kappa shape index (κ1) is 24.8. The number of carbonyl (C=O) groups excluding carboxylic acids is 1. The molecule has 1 aliphatic heterocycles. The van der Waals surface area contributed by atoms with Crippen LogP contribution >= 0.6 is 0 Å². The fraction of sp³-hybridized carbons (Fsp3) is 0.296. The second-order valence-electron chi connectivity index (χ2n) is 8.62. The molecule has 0 aromatic heterocycles. The van der Waals surface area contributed by atoms with Gasteiger partial charge < -0.3 is 15.0 Å². The molecule has 0 saturated carbocycles. The van der Waals surface area contributed by atoms with Crippen LogP contribution in [0.3, 0.4) is 0 Å². The summed E-state index contributed by atoms with van der Waals surface area (Å²) in [7, 11) is -0.964. The Bertz CT molecular complexity index is 1270. The van der Waals surface area contributed by atoms with E-state index >= 15 is 0 Å². The topological polar surface area (TPSA) is 79.0 Å². The third-order valence-corrected chi connectivity index (χ3v) is 8.06. The molecule has 1 saturated heterocycles. The predicted molar refractivity (Wildman–Crippen MR) is 137 cm³/mol. The van der Waals surface area contributed by atoms with Crippen molar-refractivity contribution in [3.63, 3.8) is 0 Å². The van der Waals surface area contributed by atoms with E-state index in [1.807, 2.05) is 48.5 Å². The van der Waals surface area contributed by atoms with Crippen LogP contribution in [-0.4, -0.2) is 45.9 Å². The van der Waals surface area contributed by atoms with Crippen molar-refractivity contribution in [2.75, 3.05) is 32.1 Å². The highest BCUT2D eigenvalue weighted by Crippen LogP contribution is 2.29. The lowest BCUT2D eigenvalue weighted by Gasteiger charge is -2.21. The van der Waals surface area contributed by atoms with Crippen molar-refractivity contribution in [3.8, 4) is 5.75 Å². The van der Waals surface area contributed by atoms with E-state index in [0.29, 0.717) is 6.54 Å². The highest BCUT2D eigenvalue weighted by atomic mass is 32.2. The van der Waals surface area contributed by atoms with Crippen LogP contribution in [-0.2, 0) is 23.1 Å². The normalized spacial score (nSPS) is 13.7. The monoisotopic (exact) mass is 493 g/mol. The van der Waals surface area contributed by atoms with Crippen molar-refractivity contribution in [2.45, 2.75) is 30.8 Å².